The summed E-state index contributed by atoms with van der Waals surface area (Å²) in [6.07, 6.45) is 0. The lowest BCUT2D eigenvalue weighted by Crippen LogP contribution is -2.30. The zero-order chi connectivity index (χ0) is 10.8. The second-order valence-corrected chi connectivity index (χ2v) is 5.13. The van der Waals surface area contributed by atoms with E-state index in [1.807, 2.05) is 0 Å². The van der Waals surface area contributed by atoms with Crippen LogP contribution >= 0.6 is 0 Å². The molecule has 0 radical (unpaired) electrons. The van der Waals surface area contributed by atoms with Crippen LogP contribution in [0.25, 0.3) is 0 Å². The third-order valence-electron chi connectivity index (χ3n) is 1.90. The summed E-state index contributed by atoms with van der Waals surface area (Å²) in [4.78, 5) is 0.116. The Hall–Kier alpha value is -0.845. The molecule has 0 spiro atoms. The van der Waals surface area contributed by atoms with Gasteiger partial charge in [-0.1, -0.05) is 19.1 Å². The van der Waals surface area contributed by atoms with Crippen molar-refractivity contribution in [1.82, 2.24) is 0 Å². The molecule has 2 N–H and O–H groups in total. The fraction of sp³-hybridized carbons (Fsp3) is 0.250. The lowest BCUT2D eigenvalue weighted by Gasteiger charge is -2.03. The van der Waals surface area contributed by atoms with Gasteiger partial charge in [0.2, 0.25) is 0 Å². The summed E-state index contributed by atoms with van der Waals surface area (Å²) < 4.78 is 22.8. The molecule has 0 unspecified atom stereocenters. The maximum atomic E-state index is 11.4. The van der Waals surface area contributed by atoms with Crippen molar-refractivity contribution in [3.05, 3.63) is 24.3 Å². The number of sulfone groups is 1. The average molecular weight is 214 g/mol. The first-order valence-corrected chi connectivity index (χ1v) is 5.81. The number of hydrogen-bond acceptors (Lipinski definition) is 4. The maximum Gasteiger partial charge on any atom is 0.488 e. The van der Waals surface area contributed by atoms with Gasteiger partial charge in [0.15, 0.2) is 9.84 Å². The Balaban J connectivity index is 3.19. The molecule has 4 nitrogen and oxygen atoms in total. The van der Waals surface area contributed by atoms with Crippen LogP contribution in [0.2, 0.25) is 0 Å². The van der Waals surface area contributed by atoms with Gasteiger partial charge in [0.1, 0.15) is 0 Å². The van der Waals surface area contributed by atoms with Crippen LogP contribution in [0, 0.1) is 0 Å². The molecule has 0 saturated carbocycles. The molecule has 76 valence electrons. The molecular weight excluding hydrogens is 203 g/mol. The van der Waals surface area contributed by atoms with E-state index in [0.29, 0.717) is 0 Å². The summed E-state index contributed by atoms with van der Waals surface area (Å²) >= 11 is 0. The smallest absolute Gasteiger partial charge is 0.423 e. The highest BCUT2D eigenvalue weighted by molar-refractivity contribution is 7.91. The molecule has 0 aliphatic heterocycles. The van der Waals surface area contributed by atoms with Crippen molar-refractivity contribution in [1.29, 1.82) is 0 Å². The molecule has 0 fully saturated rings. The summed E-state index contributed by atoms with van der Waals surface area (Å²) in [5, 5.41) is 17.7. The van der Waals surface area contributed by atoms with E-state index in [1.165, 1.54) is 31.2 Å². The normalized spacial score (nSPS) is 11.4. The SMILES string of the molecule is CCS(=O)(=O)c1cccc(B(O)O)c1. The van der Waals surface area contributed by atoms with Gasteiger partial charge in [-0.05, 0) is 17.6 Å². The molecular formula is C8H11BO4S. The molecule has 0 aromatic heterocycles. The standard InChI is InChI=1S/C8H11BO4S/c1-2-14(12,13)8-5-3-4-7(6-8)9(10)11/h3-6,10-11H,2H2,1H3. The minimum Gasteiger partial charge on any atom is -0.423 e. The quantitative estimate of drug-likeness (QED) is 0.643. The van der Waals surface area contributed by atoms with Crippen LogP contribution in [-0.4, -0.2) is 31.3 Å². The average Bonchev–Trinajstić information content (AvgIpc) is 2.18. The minimum atomic E-state index is -3.28. The Kier molecular flexibility index (Phi) is 3.31. The first kappa shape index (κ1) is 11.2. The summed E-state index contributed by atoms with van der Waals surface area (Å²) in [7, 11) is -4.91. The maximum absolute atomic E-state index is 11.4. The molecule has 0 aliphatic rings. The lowest BCUT2D eigenvalue weighted by molar-refractivity contribution is 0.425. The summed E-state index contributed by atoms with van der Waals surface area (Å²) in [6, 6.07) is 5.64. The highest BCUT2D eigenvalue weighted by Crippen LogP contribution is 2.08. The van der Waals surface area contributed by atoms with E-state index in [9.17, 15) is 8.42 Å². The minimum absolute atomic E-state index is 0.00201. The van der Waals surface area contributed by atoms with Crippen molar-refractivity contribution >= 4 is 22.4 Å². The van der Waals surface area contributed by atoms with Crippen LogP contribution < -0.4 is 5.46 Å². The molecule has 14 heavy (non-hydrogen) atoms. The molecule has 0 amide bonds. The number of hydrogen-bond donors (Lipinski definition) is 2. The third kappa shape index (κ3) is 2.34. The van der Waals surface area contributed by atoms with Crippen molar-refractivity contribution in [3.63, 3.8) is 0 Å². The van der Waals surface area contributed by atoms with E-state index in [2.05, 4.69) is 0 Å². The Morgan fingerprint density at radius 3 is 2.50 bits per heavy atom. The largest absolute Gasteiger partial charge is 0.488 e. The molecule has 0 heterocycles. The van der Waals surface area contributed by atoms with E-state index < -0.39 is 17.0 Å². The second kappa shape index (κ2) is 4.12. The van der Waals surface area contributed by atoms with Gasteiger partial charge >= 0.3 is 7.12 Å². The Bertz CT molecular complexity index is 413. The van der Waals surface area contributed by atoms with Gasteiger partial charge < -0.3 is 10.0 Å². The van der Waals surface area contributed by atoms with E-state index in [1.54, 1.807) is 0 Å². The second-order valence-electron chi connectivity index (χ2n) is 2.85. The van der Waals surface area contributed by atoms with Crippen molar-refractivity contribution < 1.29 is 18.5 Å². The lowest BCUT2D eigenvalue weighted by atomic mass is 9.80. The molecule has 1 aromatic carbocycles. The van der Waals surface area contributed by atoms with Crippen LogP contribution in [0.5, 0.6) is 0 Å². The van der Waals surface area contributed by atoms with E-state index in [4.69, 9.17) is 10.0 Å². The van der Waals surface area contributed by atoms with Crippen molar-refractivity contribution in [2.24, 2.45) is 0 Å². The van der Waals surface area contributed by atoms with Gasteiger partial charge in [0.25, 0.3) is 0 Å². The van der Waals surface area contributed by atoms with E-state index in [0.717, 1.165) is 0 Å². The fourth-order valence-electron chi connectivity index (χ4n) is 1.04. The highest BCUT2D eigenvalue weighted by Gasteiger charge is 2.16. The molecule has 0 saturated heterocycles. The van der Waals surface area contributed by atoms with Crippen LogP contribution in [0.4, 0.5) is 0 Å². The molecule has 0 atom stereocenters. The van der Waals surface area contributed by atoms with Crippen LogP contribution in [0.1, 0.15) is 6.92 Å². The third-order valence-corrected chi connectivity index (χ3v) is 3.63. The topological polar surface area (TPSA) is 74.6 Å². The summed E-state index contributed by atoms with van der Waals surface area (Å²) in [6.45, 7) is 1.54. The number of rotatable bonds is 3. The predicted octanol–water partition coefficient (Wildman–Crippen LogP) is -0.840. The van der Waals surface area contributed by atoms with E-state index >= 15 is 0 Å². The van der Waals surface area contributed by atoms with Gasteiger partial charge in [0, 0.05) is 0 Å². The van der Waals surface area contributed by atoms with Gasteiger partial charge in [0.05, 0.1) is 10.6 Å². The Morgan fingerprint density at radius 1 is 1.36 bits per heavy atom. The van der Waals surface area contributed by atoms with Crippen molar-refractivity contribution in [2.45, 2.75) is 11.8 Å². The molecule has 6 heteroatoms. The van der Waals surface area contributed by atoms with Gasteiger partial charge in [-0.2, -0.15) is 0 Å². The first-order chi connectivity index (χ1) is 6.47. The molecule has 1 aromatic rings. The molecule has 1 rings (SSSR count). The van der Waals surface area contributed by atoms with Crippen LogP contribution in [0.3, 0.4) is 0 Å². The zero-order valence-corrected chi connectivity index (χ0v) is 8.53. The summed E-state index contributed by atoms with van der Waals surface area (Å²) in [5.41, 5.74) is 0.180. The monoisotopic (exact) mass is 214 g/mol. The van der Waals surface area contributed by atoms with Gasteiger partial charge in [-0.25, -0.2) is 8.42 Å². The summed E-state index contributed by atoms with van der Waals surface area (Å²) in [5.74, 6) is -0.00201. The number of benzene rings is 1. The van der Waals surface area contributed by atoms with Crippen molar-refractivity contribution in [2.75, 3.05) is 5.75 Å². The highest BCUT2D eigenvalue weighted by atomic mass is 32.2. The predicted molar refractivity (Wildman–Crippen MR) is 54.0 cm³/mol. The van der Waals surface area contributed by atoms with Gasteiger partial charge in [-0.15, -0.1) is 0 Å². The van der Waals surface area contributed by atoms with Crippen molar-refractivity contribution in [3.8, 4) is 0 Å². The Morgan fingerprint density at radius 2 is 2.00 bits per heavy atom. The van der Waals surface area contributed by atoms with E-state index in [-0.39, 0.29) is 16.1 Å². The first-order valence-electron chi connectivity index (χ1n) is 4.16. The van der Waals surface area contributed by atoms with Gasteiger partial charge in [-0.3, -0.25) is 0 Å². The Labute approximate surface area is 83.3 Å². The molecule has 0 aliphatic carbocycles. The van der Waals surface area contributed by atoms with Crippen LogP contribution in [0.15, 0.2) is 29.2 Å². The fourth-order valence-corrected chi connectivity index (χ4v) is 1.97. The van der Waals surface area contributed by atoms with Crippen LogP contribution in [-0.2, 0) is 9.84 Å². The molecule has 0 bridgehead atoms. The zero-order valence-electron chi connectivity index (χ0n) is 7.71.